The van der Waals surface area contributed by atoms with Gasteiger partial charge in [0.05, 0.1) is 12.2 Å². The van der Waals surface area contributed by atoms with E-state index in [4.69, 9.17) is 4.74 Å². The molecule has 3 saturated carbocycles. The van der Waals surface area contributed by atoms with Crippen molar-refractivity contribution in [3.05, 3.63) is 47.6 Å². The third-order valence-corrected chi connectivity index (χ3v) is 9.88. The number of fused-ring (bicyclic) bond motifs is 1. The lowest BCUT2D eigenvalue weighted by Gasteiger charge is -2.44. The smallest absolute Gasteiger partial charge is 0.334 e. The Morgan fingerprint density at radius 3 is 2.71 bits per heavy atom. The number of aliphatic hydroxyl groups excluding tert-OH is 2. The van der Waals surface area contributed by atoms with Gasteiger partial charge in [-0.1, -0.05) is 64.5 Å². The van der Waals surface area contributed by atoms with E-state index >= 15 is 0 Å². The molecule has 0 amide bonds. The van der Waals surface area contributed by atoms with E-state index in [1.807, 2.05) is 0 Å². The number of carbonyl (C=O) groups is 1. The normalized spacial score (nSPS) is 40.9. The maximum Gasteiger partial charge on any atom is 0.334 e. The van der Waals surface area contributed by atoms with Crippen LogP contribution in [0.2, 0.25) is 0 Å². The Labute approximate surface area is 212 Å². The highest BCUT2D eigenvalue weighted by atomic mass is 16.6. The summed E-state index contributed by atoms with van der Waals surface area (Å²) >= 11 is 0. The van der Waals surface area contributed by atoms with Crippen LogP contribution >= 0.6 is 0 Å². The predicted octanol–water partition coefficient (Wildman–Crippen LogP) is 6.44. The first-order valence-corrected chi connectivity index (χ1v) is 14.0. The molecule has 4 rings (SSSR count). The summed E-state index contributed by atoms with van der Waals surface area (Å²) in [5.41, 5.74) is 4.21. The maximum atomic E-state index is 12.3. The molecule has 0 aromatic rings. The van der Waals surface area contributed by atoms with Crippen LogP contribution in [0.3, 0.4) is 0 Å². The van der Waals surface area contributed by atoms with Gasteiger partial charge in [0, 0.05) is 17.9 Å². The van der Waals surface area contributed by atoms with Crippen molar-refractivity contribution < 1.29 is 19.7 Å². The van der Waals surface area contributed by atoms with Crippen LogP contribution in [0.5, 0.6) is 0 Å². The molecule has 4 nitrogen and oxygen atoms in total. The van der Waals surface area contributed by atoms with Crippen molar-refractivity contribution in [2.24, 2.45) is 29.1 Å². The Bertz CT molecular complexity index is 898. The van der Waals surface area contributed by atoms with Crippen molar-refractivity contribution in [3.63, 3.8) is 0 Å². The Morgan fingerprint density at radius 1 is 1.20 bits per heavy atom. The van der Waals surface area contributed by atoms with Crippen LogP contribution in [0.15, 0.2) is 47.6 Å². The molecule has 0 radical (unpaired) electrons. The van der Waals surface area contributed by atoms with E-state index in [0.29, 0.717) is 36.2 Å². The first-order valence-electron chi connectivity index (χ1n) is 14.0. The first-order chi connectivity index (χ1) is 16.7. The summed E-state index contributed by atoms with van der Waals surface area (Å²) in [7, 11) is 0. The molecule has 194 valence electrons. The second-order valence-electron chi connectivity index (χ2n) is 12.1. The molecule has 2 unspecified atom stereocenters. The molecule has 0 aromatic heterocycles. The molecular weight excluding hydrogens is 436 g/mol. The van der Waals surface area contributed by atoms with E-state index in [2.05, 4.69) is 46.1 Å². The van der Waals surface area contributed by atoms with Crippen LogP contribution in [0.4, 0.5) is 0 Å². The fourth-order valence-corrected chi connectivity index (χ4v) is 7.88. The predicted molar refractivity (Wildman–Crippen MR) is 141 cm³/mol. The zero-order valence-corrected chi connectivity index (χ0v) is 22.1. The molecule has 35 heavy (non-hydrogen) atoms. The van der Waals surface area contributed by atoms with Gasteiger partial charge in [0.25, 0.3) is 0 Å². The van der Waals surface area contributed by atoms with E-state index in [-0.39, 0.29) is 23.4 Å². The molecule has 4 aliphatic rings. The van der Waals surface area contributed by atoms with Crippen LogP contribution in [-0.4, -0.2) is 34.5 Å². The van der Waals surface area contributed by atoms with Gasteiger partial charge in [-0.25, -0.2) is 4.79 Å². The molecule has 1 saturated heterocycles. The highest BCUT2D eigenvalue weighted by Gasteiger charge is 2.51. The number of esters is 1. The Kier molecular flexibility index (Phi) is 8.12. The van der Waals surface area contributed by atoms with Gasteiger partial charge in [-0.3, -0.25) is 0 Å². The number of ether oxygens (including phenoxy) is 1. The number of allylic oxidation sites excluding steroid dienone is 3. The number of unbranched alkanes of at least 4 members (excludes halogenated alkanes) is 1. The van der Waals surface area contributed by atoms with Gasteiger partial charge in [-0.15, -0.1) is 0 Å². The third kappa shape index (κ3) is 5.25. The molecule has 8 atom stereocenters. The molecule has 0 spiro atoms. The fourth-order valence-electron chi connectivity index (χ4n) is 7.88. The van der Waals surface area contributed by atoms with E-state index in [1.165, 1.54) is 31.3 Å². The summed E-state index contributed by atoms with van der Waals surface area (Å²) in [6, 6.07) is 0. The molecule has 3 aliphatic carbocycles. The average Bonchev–Trinajstić information content (AvgIpc) is 3.30. The molecule has 2 N–H and O–H groups in total. The van der Waals surface area contributed by atoms with Crippen molar-refractivity contribution in [2.75, 3.05) is 0 Å². The van der Waals surface area contributed by atoms with Gasteiger partial charge in [0.2, 0.25) is 0 Å². The lowest BCUT2D eigenvalue weighted by atomic mass is 9.60. The number of hydrogen-bond donors (Lipinski definition) is 2. The minimum atomic E-state index is -0.640. The van der Waals surface area contributed by atoms with Crippen LogP contribution in [0.25, 0.3) is 0 Å². The Hall–Kier alpha value is -1.65. The summed E-state index contributed by atoms with van der Waals surface area (Å²) in [4.78, 5) is 12.3. The zero-order valence-electron chi connectivity index (χ0n) is 22.1. The van der Waals surface area contributed by atoms with Crippen molar-refractivity contribution in [1.29, 1.82) is 0 Å². The van der Waals surface area contributed by atoms with Gasteiger partial charge in [0.1, 0.15) is 6.10 Å². The van der Waals surface area contributed by atoms with Gasteiger partial charge in [0.15, 0.2) is 0 Å². The molecule has 0 bridgehead atoms. The number of rotatable bonds is 7. The fraction of sp³-hybridized carbons (Fsp3) is 0.710. The largest absolute Gasteiger partial charge is 0.458 e. The van der Waals surface area contributed by atoms with E-state index in [9.17, 15) is 15.0 Å². The SMILES string of the molecule is C=C1C(=O)OC(C[C@@H](C)[C@H]2CC[C@H]3C(=CC=C4C[C@@H](O)C[C@H](O)C4=C)CCC[C@]23C)C1CCCC. The minimum absolute atomic E-state index is 0.0160. The highest BCUT2D eigenvalue weighted by molar-refractivity contribution is 5.90. The summed E-state index contributed by atoms with van der Waals surface area (Å²) in [5.74, 6) is 1.69. The van der Waals surface area contributed by atoms with E-state index in [0.717, 1.165) is 43.3 Å². The second kappa shape index (κ2) is 10.8. The highest BCUT2D eigenvalue weighted by Crippen LogP contribution is 2.60. The lowest BCUT2D eigenvalue weighted by molar-refractivity contribution is -0.140. The summed E-state index contributed by atoms with van der Waals surface area (Å²) in [6.07, 6.45) is 14.4. The molecular formula is C31H46O4. The molecule has 4 heteroatoms. The number of carbonyl (C=O) groups excluding carboxylic acids is 1. The average molecular weight is 483 g/mol. The topological polar surface area (TPSA) is 66.8 Å². The summed E-state index contributed by atoms with van der Waals surface area (Å²) in [5, 5.41) is 20.3. The van der Waals surface area contributed by atoms with Gasteiger partial charge >= 0.3 is 5.97 Å². The van der Waals surface area contributed by atoms with Gasteiger partial charge in [-0.05, 0) is 85.7 Å². The van der Waals surface area contributed by atoms with Crippen molar-refractivity contribution >= 4 is 5.97 Å². The monoisotopic (exact) mass is 482 g/mol. The van der Waals surface area contributed by atoms with Crippen LogP contribution in [0.1, 0.15) is 91.4 Å². The minimum Gasteiger partial charge on any atom is -0.458 e. The Morgan fingerprint density at radius 2 is 1.97 bits per heavy atom. The summed E-state index contributed by atoms with van der Waals surface area (Å²) < 4.78 is 5.83. The Balaban J connectivity index is 1.47. The van der Waals surface area contributed by atoms with E-state index in [1.54, 1.807) is 0 Å². The van der Waals surface area contributed by atoms with Crippen LogP contribution in [-0.2, 0) is 9.53 Å². The molecule has 1 heterocycles. The standard InChI is InChI=1S/C31H46O4/c1-6-7-10-25-21(4)30(34)35-29(25)16-19(2)26-13-14-27-22(9-8-15-31(26,27)5)11-12-23-17-24(32)18-28(33)20(23)3/h11-12,19,24-29,32-33H,3-4,6-10,13-18H2,1-2,5H3/t19-,24-,25?,26-,27+,28+,29?,31-/m1/s1. The van der Waals surface area contributed by atoms with Gasteiger partial charge in [-0.2, -0.15) is 0 Å². The molecule has 1 aliphatic heterocycles. The first kappa shape index (κ1) is 26.4. The van der Waals surface area contributed by atoms with Crippen molar-refractivity contribution in [3.8, 4) is 0 Å². The quantitative estimate of drug-likeness (QED) is 0.324. The second-order valence-corrected chi connectivity index (χ2v) is 12.1. The number of aliphatic hydroxyl groups is 2. The van der Waals surface area contributed by atoms with Gasteiger partial charge < -0.3 is 14.9 Å². The summed E-state index contributed by atoms with van der Waals surface area (Å²) in [6.45, 7) is 15.2. The third-order valence-electron chi connectivity index (χ3n) is 9.88. The van der Waals surface area contributed by atoms with Crippen molar-refractivity contribution in [1.82, 2.24) is 0 Å². The zero-order chi connectivity index (χ0) is 25.3. The number of hydrogen-bond acceptors (Lipinski definition) is 4. The van der Waals surface area contributed by atoms with E-state index < -0.39 is 12.2 Å². The lowest BCUT2D eigenvalue weighted by Crippen LogP contribution is -2.37. The molecule has 0 aromatic carbocycles. The number of cyclic esters (lactones) is 1. The maximum absolute atomic E-state index is 12.3. The van der Waals surface area contributed by atoms with Crippen LogP contribution < -0.4 is 0 Å². The van der Waals surface area contributed by atoms with Crippen molar-refractivity contribution in [2.45, 2.75) is 110 Å². The van der Waals surface area contributed by atoms with Crippen LogP contribution in [0, 0.1) is 29.1 Å². The molecule has 4 fully saturated rings.